The fourth-order valence-electron chi connectivity index (χ4n) is 4.12. The van der Waals surface area contributed by atoms with Crippen LogP contribution in [0.25, 0.3) is 0 Å². The van der Waals surface area contributed by atoms with Gasteiger partial charge >= 0.3 is 0 Å². The Hall–Kier alpha value is -0.120. The summed E-state index contributed by atoms with van der Waals surface area (Å²) in [5.41, 5.74) is 0. The monoisotopic (exact) mass is 482 g/mol. The summed E-state index contributed by atoms with van der Waals surface area (Å²) in [6.07, 6.45) is 3.59. The lowest BCUT2D eigenvalue weighted by Crippen LogP contribution is -2.53. The molecular formula is C19H39IN4O2. The van der Waals surface area contributed by atoms with Crippen molar-refractivity contribution in [1.29, 1.82) is 0 Å². The van der Waals surface area contributed by atoms with Gasteiger partial charge in [0.1, 0.15) is 0 Å². The zero-order valence-electron chi connectivity index (χ0n) is 17.1. The summed E-state index contributed by atoms with van der Waals surface area (Å²) in [5, 5.41) is 3.64. The zero-order chi connectivity index (χ0) is 18.1. The standard InChI is InChI=1S/C19H38N4O2.HI/c1-5-17(6-2)18(23-8-11-24-12-9-23)13-21-19(20-3)22(4)14-16-7-10-25-15-16;/h16-18H,5-15H2,1-4H3,(H,20,21);1H. The van der Waals surface area contributed by atoms with E-state index in [0.29, 0.717) is 17.9 Å². The Bertz CT molecular complexity index is 395. The molecule has 0 saturated carbocycles. The second-order valence-electron chi connectivity index (χ2n) is 7.33. The molecule has 0 amide bonds. The number of nitrogens with one attached hydrogen (secondary N) is 1. The molecule has 0 radical (unpaired) electrons. The summed E-state index contributed by atoms with van der Waals surface area (Å²) >= 11 is 0. The van der Waals surface area contributed by atoms with Crippen molar-refractivity contribution in [3.8, 4) is 0 Å². The maximum absolute atomic E-state index is 5.55. The van der Waals surface area contributed by atoms with E-state index in [-0.39, 0.29) is 24.0 Å². The van der Waals surface area contributed by atoms with Crippen molar-refractivity contribution in [3.05, 3.63) is 0 Å². The Morgan fingerprint density at radius 3 is 2.42 bits per heavy atom. The topological polar surface area (TPSA) is 49.3 Å². The van der Waals surface area contributed by atoms with Gasteiger partial charge in [0.2, 0.25) is 0 Å². The van der Waals surface area contributed by atoms with Gasteiger partial charge in [-0.05, 0) is 12.3 Å². The minimum Gasteiger partial charge on any atom is -0.381 e. The lowest BCUT2D eigenvalue weighted by Gasteiger charge is -2.39. The SMILES string of the molecule is CCC(CC)C(CNC(=NC)N(C)CC1CCOC1)N1CCOCC1.I. The van der Waals surface area contributed by atoms with Gasteiger partial charge in [-0.15, -0.1) is 24.0 Å². The van der Waals surface area contributed by atoms with E-state index < -0.39 is 0 Å². The van der Waals surface area contributed by atoms with Gasteiger partial charge in [0.05, 0.1) is 19.8 Å². The van der Waals surface area contributed by atoms with Crippen molar-refractivity contribution in [2.75, 3.05) is 66.7 Å². The van der Waals surface area contributed by atoms with Crippen molar-refractivity contribution in [2.24, 2.45) is 16.8 Å². The third-order valence-electron chi connectivity index (χ3n) is 5.71. The smallest absolute Gasteiger partial charge is 0.193 e. The number of morpholine rings is 1. The molecule has 2 heterocycles. The molecule has 2 aliphatic heterocycles. The van der Waals surface area contributed by atoms with Crippen LogP contribution in [0, 0.1) is 11.8 Å². The molecule has 154 valence electrons. The van der Waals surface area contributed by atoms with E-state index in [1.165, 1.54) is 12.8 Å². The molecule has 2 unspecified atom stereocenters. The highest BCUT2D eigenvalue weighted by molar-refractivity contribution is 14.0. The third-order valence-corrected chi connectivity index (χ3v) is 5.71. The average molecular weight is 482 g/mol. The molecular weight excluding hydrogens is 443 g/mol. The Morgan fingerprint density at radius 1 is 1.19 bits per heavy atom. The van der Waals surface area contributed by atoms with Crippen LogP contribution in [-0.2, 0) is 9.47 Å². The van der Waals surface area contributed by atoms with Crippen LogP contribution >= 0.6 is 24.0 Å². The molecule has 0 aromatic heterocycles. The lowest BCUT2D eigenvalue weighted by molar-refractivity contribution is 0.00260. The van der Waals surface area contributed by atoms with Crippen molar-refractivity contribution in [3.63, 3.8) is 0 Å². The van der Waals surface area contributed by atoms with Crippen LogP contribution in [0.15, 0.2) is 4.99 Å². The number of rotatable bonds is 8. The number of ether oxygens (including phenoxy) is 2. The van der Waals surface area contributed by atoms with Crippen LogP contribution in [0.1, 0.15) is 33.1 Å². The predicted octanol–water partition coefficient (Wildman–Crippen LogP) is 2.29. The Morgan fingerprint density at radius 2 is 1.88 bits per heavy atom. The van der Waals surface area contributed by atoms with Gasteiger partial charge in [-0.1, -0.05) is 26.7 Å². The van der Waals surface area contributed by atoms with Gasteiger partial charge in [0, 0.05) is 58.8 Å². The fraction of sp³-hybridized carbons (Fsp3) is 0.947. The molecule has 0 aromatic carbocycles. The zero-order valence-corrected chi connectivity index (χ0v) is 19.4. The summed E-state index contributed by atoms with van der Waals surface area (Å²) in [6.45, 7) is 12.1. The molecule has 2 saturated heterocycles. The van der Waals surface area contributed by atoms with Gasteiger partial charge in [0.15, 0.2) is 5.96 Å². The Labute approximate surface area is 177 Å². The first kappa shape index (κ1) is 23.9. The van der Waals surface area contributed by atoms with Gasteiger partial charge < -0.3 is 19.7 Å². The normalized spacial score (nSPS) is 23.0. The van der Waals surface area contributed by atoms with Crippen LogP contribution in [-0.4, -0.2) is 88.5 Å². The van der Waals surface area contributed by atoms with Crippen LogP contribution in [0.4, 0.5) is 0 Å². The lowest BCUT2D eigenvalue weighted by atomic mass is 9.92. The molecule has 2 atom stereocenters. The second kappa shape index (κ2) is 13.1. The number of guanidine groups is 1. The van der Waals surface area contributed by atoms with Crippen LogP contribution in [0.3, 0.4) is 0 Å². The van der Waals surface area contributed by atoms with E-state index in [1.54, 1.807) is 0 Å². The molecule has 0 spiro atoms. The van der Waals surface area contributed by atoms with Crippen molar-refractivity contribution in [2.45, 2.75) is 39.2 Å². The van der Waals surface area contributed by atoms with Crippen LogP contribution in [0.2, 0.25) is 0 Å². The van der Waals surface area contributed by atoms with E-state index in [4.69, 9.17) is 9.47 Å². The number of aliphatic imine (C=N–C) groups is 1. The van der Waals surface area contributed by atoms with Gasteiger partial charge in [0.25, 0.3) is 0 Å². The Kier molecular flexibility index (Phi) is 12.1. The predicted molar refractivity (Wildman–Crippen MR) is 119 cm³/mol. The molecule has 0 bridgehead atoms. The molecule has 0 aliphatic carbocycles. The summed E-state index contributed by atoms with van der Waals surface area (Å²) in [4.78, 5) is 9.36. The van der Waals surface area contributed by atoms with E-state index >= 15 is 0 Å². The van der Waals surface area contributed by atoms with E-state index in [0.717, 1.165) is 65.0 Å². The first-order chi connectivity index (χ1) is 12.2. The molecule has 7 heteroatoms. The van der Waals surface area contributed by atoms with Crippen molar-refractivity contribution >= 4 is 29.9 Å². The maximum atomic E-state index is 5.55. The van der Waals surface area contributed by atoms with Crippen molar-refractivity contribution in [1.82, 2.24) is 15.1 Å². The van der Waals surface area contributed by atoms with Gasteiger partial charge in [-0.2, -0.15) is 0 Å². The third kappa shape index (κ3) is 7.13. The van der Waals surface area contributed by atoms with Gasteiger partial charge in [-0.3, -0.25) is 9.89 Å². The minimum absolute atomic E-state index is 0. The first-order valence-corrected chi connectivity index (χ1v) is 10.0. The number of hydrogen-bond donors (Lipinski definition) is 1. The fourth-order valence-corrected chi connectivity index (χ4v) is 4.12. The number of nitrogens with zero attached hydrogens (tertiary/aromatic N) is 3. The molecule has 26 heavy (non-hydrogen) atoms. The highest BCUT2D eigenvalue weighted by Crippen LogP contribution is 2.20. The average Bonchev–Trinajstić information content (AvgIpc) is 3.15. The largest absolute Gasteiger partial charge is 0.381 e. The molecule has 2 fully saturated rings. The highest BCUT2D eigenvalue weighted by atomic mass is 127. The van der Waals surface area contributed by atoms with Crippen molar-refractivity contribution < 1.29 is 9.47 Å². The van der Waals surface area contributed by atoms with Crippen LogP contribution in [0.5, 0.6) is 0 Å². The first-order valence-electron chi connectivity index (χ1n) is 10.0. The quantitative estimate of drug-likeness (QED) is 0.327. The van der Waals surface area contributed by atoms with E-state index in [1.807, 2.05) is 7.05 Å². The molecule has 1 N–H and O–H groups in total. The summed E-state index contributed by atoms with van der Waals surface area (Å²) < 4.78 is 11.1. The summed E-state index contributed by atoms with van der Waals surface area (Å²) in [5.74, 6) is 2.32. The van der Waals surface area contributed by atoms with Crippen LogP contribution < -0.4 is 5.32 Å². The summed E-state index contributed by atoms with van der Waals surface area (Å²) in [6, 6.07) is 0.541. The molecule has 0 aromatic rings. The number of hydrogen-bond acceptors (Lipinski definition) is 4. The highest BCUT2D eigenvalue weighted by Gasteiger charge is 2.27. The molecule has 2 rings (SSSR count). The minimum atomic E-state index is 0. The maximum Gasteiger partial charge on any atom is 0.193 e. The number of halogens is 1. The summed E-state index contributed by atoms with van der Waals surface area (Å²) in [7, 11) is 4.01. The molecule has 6 nitrogen and oxygen atoms in total. The Balaban J connectivity index is 0.00000338. The van der Waals surface area contributed by atoms with E-state index in [2.05, 4.69) is 41.0 Å². The molecule has 2 aliphatic rings. The van der Waals surface area contributed by atoms with Gasteiger partial charge in [-0.25, -0.2) is 0 Å². The van der Waals surface area contributed by atoms with E-state index in [9.17, 15) is 0 Å². The second-order valence-corrected chi connectivity index (χ2v) is 7.33.